The molecule has 0 saturated heterocycles. The number of benzene rings is 3. The highest BCUT2D eigenvalue weighted by atomic mass is 16.5. The SMILES string of the molecule is COC(=O)[C@H](Cc1ccccc1)Nc1cc(-c2ccc(CNc3ccccc3)cc2)ncn1. The molecule has 1 atom stereocenters. The van der Waals surface area contributed by atoms with E-state index >= 15 is 0 Å². The van der Waals surface area contributed by atoms with Gasteiger partial charge in [0.05, 0.1) is 12.8 Å². The van der Waals surface area contributed by atoms with E-state index in [1.54, 1.807) is 0 Å². The van der Waals surface area contributed by atoms with Crippen LogP contribution in [-0.2, 0) is 22.5 Å². The summed E-state index contributed by atoms with van der Waals surface area (Å²) >= 11 is 0. The Morgan fingerprint density at radius 1 is 0.879 bits per heavy atom. The van der Waals surface area contributed by atoms with Gasteiger partial charge in [-0.3, -0.25) is 0 Å². The monoisotopic (exact) mass is 438 g/mol. The van der Waals surface area contributed by atoms with Crippen molar-refractivity contribution >= 4 is 17.5 Å². The van der Waals surface area contributed by atoms with E-state index in [4.69, 9.17) is 4.74 Å². The van der Waals surface area contributed by atoms with Crippen LogP contribution in [0.3, 0.4) is 0 Å². The number of carbonyl (C=O) groups excluding carboxylic acids is 1. The third kappa shape index (κ3) is 6.17. The molecule has 0 bridgehead atoms. The predicted molar refractivity (Wildman–Crippen MR) is 131 cm³/mol. The predicted octanol–water partition coefficient (Wildman–Crippen LogP) is 4.95. The van der Waals surface area contributed by atoms with Gasteiger partial charge in [-0.1, -0.05) is 72.8 Å². The molecule has 6 nitrogen and oxygen atoms in total. The maximum absolute atomic E-state index is 12.3. The Bertz CT molecular complexity index is 1170. The molecule has 0 aliphatic rings. The summed E-state index contributed by atoms with van der Waals surface area (Å²) < 4.78 is 4.99. The van der Waals surface area contributed by atoms with Crippen molar-refractivity contribution in [2.45, 2.75) is 19.0 Å². The number of nitrogens with zero attached hydrogens (tertiary/aromatic N) is 2. The molecule has 4 rings (SSSR count). The number of carbonyl (C=O) groups is 1. The second-order valence-electron chi connectivity index (χ2n) is 7.61. The van der Waals surface area contributed by atoms with Gasteiger partial charge in [-0.25, -0.2) is 14.8 Å². The van der Waals surface area contributed by atoms with E-state index in [1.165, 1.54) is 19.0 Å². The van der Waals surface area contributed by atoms with E-state index in [9.17, 15) is 4.79 Å². The van der Waals surface area contributed by atoms with Gasteiger partial charge in [0.2, 0.25) is 0 Å². The number of ether oxygens (including phenoxy) is 1. The molecule has 0 spiro atoms. The summed E-state index contributed by atoms with van der Waals surface area (Å²) in [7, 11) is 1.39. The fraction of sp³-hybridized carbons (Fsp3) is 0.148. The van der Waals surface area contributed by atoms with Crippen LogP contribution >= 0.6 is 0 Å². The lowest BCUT2D eigenvalue weighted by Gasteiger charge is -2.17. The van der Waals surface area contributed by atoms with Crippen molar-refractivity contribution in [3.63, 3.8) is 0 Å². The quantitative estimate of drug-likeness (QED) is 0.360. The second kappa shape index (κ2) is 10.9. The van der Waals surface area contributed by atoms with Crippen molar-refractivity contribution in [1.82, 2.24) is 9.97 Å². The first-order chi connectivity index (χ1) is 16.2. The number of methoxy groups -OCH3 is 1. The third-order valence-corrected chi connectivity index (χ3v) is 5.28. The fourth-order valence-corrected chi connectivity index (χ4v) is 3.51. The van der Waals surface area contributed by atoms with Gasteiger partial charge in [-0.05, 0) is 23.3 Å². The summed E-state index contributed by atoms with van der Waals surface area (Å²) in [5.74, 6) is 0.232. The number of hydrogen-bond acceptors (Lipinski definition) is 6. The van der Waals surface area contributed by atoms with Gasteiger partial charge in [-0.2, -0.15) is 0 Å². The normalized spacial score (nSPS) is 11.4. The smallest absolute Gasteiger partial charge is 0.328 e. The summed E-state index contributed by atoms with van der Waals surface area (Å²) in [6.45, 7) is 0.737. The Morgan fingerprint density at radius 3 is 2.27 bits per heavy atom. The maximum Gasteiger partial charge on any atom is 0.328 e. The molecule has 0 aliphatic carbocycles. The summed E-state index contributed by atoms with van der Waals surface area (Å²) in [4.78, 5) is 21.1. The molecule has 0 amide bonds. The number of anilines is 2. The van der Waals surface area contributed by atoms with Crippen LogP contribution < -0.4 is 10.6 Å². The first kappa shape index (κ1) is 22.0. The molecule has 0 saturated carbocycles. The van der Waals surface area contributed by atoms with Crippen LogP contribution in [0.15, 0.2) is 97.3 Å². The van der Waals surface area contributed by atoms with Gasteiger partial charge >= 0.3 is 5.97 Å². The van der Waals surface area contributed by atoms with Crippen LogP contribution in [-0.4, -0.2) is 29.1 Å². The van der Waals surface area contributed by atoms with Gasteiger partial charge in [-0.15, -0.1) is 0 Å². The highest BCUT2D eigenvalue weighted by Gasteiger charge is 2.20. The largest absolute Gasteiger partial charge is 0.467 e. The molecule has 0 fully saturated rings. The number of aromatic nitrogens is 2. The van der Waals surface area contributed by atoms with Crippen LogP contribution in [0, 0.1) is 0 Å². The molecule has 2 N–H and O–H groups in total. The molecule has 0 radical (unpaired) electrons. The molecular weight excluding hydrogens is 412 g/mol. The molecular formula is C27H26N4O2. The van der Waals surface area contributed by atoms with Gasteiger partial charge in [0.1, 0.15) is 18.2 Å². The number of nitrogens with one attached hydrogen (secondary N) is 2. The van der Waals surface area contributed by atoms with E-state index in [0.29, 0.717) is 12.2 Å². The molecule has 0 unspecified atom stereocenters. The van der Waals surface area contributed by atoms with Crippen LogP contribution in [0.4, 0.5) is 11.5 Å². The maximum atomic E-state index is 12.3. The molecule has 3 aromatic carbocycles. The van der Waals surface area contributed by atoms with Crippen molar-refractivity contribution in [1.29, 1.82) is 0 Å². The second-order valence-corrected chi connectivity index (χ2v) is 7.61. The lowest BCUT2D eigenvalue weighted by atomic mass is 10.1. The van der Waals surface area contributed by atoms with E-state index < -0.39 is 6.04 Å². The molecule has 4 aromatic rings. The standard InChI is InChI=1S/C27H26N4O2/c1-33-27(32)25(16-20-8-4-2-5-9-20)31-26-17-24(29-19-30-26)22-14-12-21(13-15-22)18-28-23-10-6-3-7-11-23/h2-15,17,19,25,28H,16,18H2,1H3,(H,29,30,31)/t25-/m0/s1. The van der Waals surface area contributed by atoms with Crippen molar-refractivity contribution in [2.24, 2.45) is 0 Å². The minimum atomic E-state index is -0.549. The summed E-state index contributed by atoms with van der Waals surface area (Å²) in [5.41, 5.74) is 5.04. The molecule has 0 aliphatic heterocycles. The van der Waals surface area contributed by atoms with Crippen LogP contribution in [0.1, 0.15) is 11.1 Å². The van der Waals surface area contributed by atoms with E-state index in [-0.39, 0.29) is 5.97 Å². The Labute approximate surface area is 193 Å². The minimum Gasteiger partial charge on any atom is -0.467 e. The number of esters is 1. The Balaban J connectivity index is 1.44. The summed E-state index contributed by atoms with van der Waals surface area (Å²) in [5, 5.41) is 6.61. The van der Waals surface area contributed by atoms with Crippen molar-refractivity contribution in [3.8, 4) is 11.3 Å². The molecule has 1 heterocycles. The first-order valence-corrected chi connectivity index (χ1v) is 10.8. The number of rotatable bonds is 9. The van der Waals surface area contributed by atoms with E-state index in [0.717, 1.165) is 29.1 Å². The zero-order chi connectivity index (χ0) is 22.9. The van der Waals surface area contributed by atoms with Crippen LogP contribution in [0.25, 0.3) is 11.3 Å². The lowest BCUT2D eigenvalue weighted by molar-refractivity contribution is -0.141. The summed E-state index contributed by atoms with van der Waals surface area (Å²) in [6.07, 6.45) is 2.00. The fourth-order valence-electron chi connectivity index (χ4n) is 3.51. The average Bonchev–Trinajstić information content (AvgIpc) is 2.88. The highest BCUT2D eigenvalue weighted by molar-refractivity contribution is 5.79. The molecule has 6 heteroatoms. The van der Waals surface area contributed by atoms with Crippen LogP contribution in [0.2, 0.25) is 0 Å². The average molecular weight is 439 g/mol. The lowest BCUT2D eigenvalue weighted by Crippen LogP contribution is -2.33. The van der Waals surface area contributed by atoms with Gasteiger partial charge in [0, 0.05) is 30.3 Å². The number of para-hydroxylation sites is 1. The summed E-state index contributed by atoms with van der Waals surface area (Å²) in [6, 6.07) is 29.4. The molecule has 166 valence electrons. The van der Waals surface area contributed by atoms with Crippen LogP contribution in [0.5, 0.6) is 0 Å². The van der Waals surface area contributed by atoms with E-state index in [1.807, 2.05) is 78.9 Å². The molecule has 33 heavy (non-hydrogen) atoms. The third-order valence-electron chi connectivity index (χ3n) is 5.28. The van der Waals surface area contributed by atoms with Crippen molar-refractivity contribution in [2.75, 3.05) is 17.7 Å². The van der Waals surface area contributed by atoms with E-state index in [2.05, 4.69) is 32.7 Å². The van der Waals surface area contributed by atoms with Gasteiger partial charge < -0.3 is 15.4 Å². The highest BCUT2D eigenvalue weighted by Crippen LogP contribution is 2.21. The zero-order valence-corrected chi connectivity index (χ0v) is 18.4. The minimum absolute atomic E-state index is 0.339. The topological polar surface area (TPSA) is 76.1 Å². The van der Waals surface area contributed by atoms with Crippen molar-refractivity contribution < 1.29 is 9.53 Å². The zero-order valence-electron chi connectivity index (χ0n) is 18.4. The Hall–Kier alpha value is -4.19. The van der Waals surface area contributed by atoms with Gasteiger partial charge in [0.15, 0.2) is 0 Å². The Kier molecular flexibility index (Phi) is 7.28. The molecule has 1 aromatic heterocycles. The van der Waals surface area contributed by atoms with Gasteiger partial charge in [0.25, 0.3) is 0 Å². The first-order valence-electron chi connectivity index (χ1n) is 10.8. The Morgan fingerprint density at radius 2 is 1.58 bits per heavy atom. The number of hydrogen-bond donors (Lipinski definition) is 2. The van der Waals surface area contributed by atoms with Crippen molar-refractivity contribution in [3.05, 3.63) is 108 Å².